The molecular weight excluding hydrogens is 364 g/mol. The third kappa shape index (κ3) is 5.03. The Morgan fingerprint density at radius 1 is 0.759 bits per heavy atom. The van der Waals surface area contributed by atoms with E-state index in [9.17, 15) is 9.59 Å². The molecule has 1 saturated carbocycles. The summed E-state index contributed by atoms with van der Waals surface area (Å²) in [5.41, 5.74) is 1.26. The standard InChI is InChI=1S/C23H34N4O2/c28-22(19-7-3-1-4-8-19)26-15-17-27(18-16-26)23(29)24-20-11-13-25(14-12-20)21-9-5-2-6-10-21/h2,5-6,9-10,19-20H,1,3-4,7-8,11-18H2,(H,24,29). The summed E-state index contributed by atoms with van der Waals surface area (Å²) in [7, 11) is 0. The van der Waals surface area contributed by atoms with Crippen LogP contribution in [0.4, 0.5) is 10.5 Å². The van der Waals surface area contributed by atoms with E-state index in [1.165, 1.54) is 24.9 Å². The molecule has 158 valence electrons. The molecule has 0 unspecified atom stereocenters. The molecule has 3 aliphatic rings. The van der Waals surface area contributed by atoms with Gasteiger partial charge in [0.1, 0.15) is 0 Å². The van der Waals surface area contributed by atoms with Crippen LogP contribution in [0.25, 0.3) is 0 Å². The summed E-state index contributed by atoms with van der Waals surface area (Å²) >= 11 is 0. The predicted molar refractivity (Wildman–Crippen MR) is 115 cm³/mol. The minimum absolute atomic E-state index is 0.0351. The number of nitrogens with zero attached hydrogens (tertiary/aromatic N) is 3. The van der Waals surface area contributed by atoms with Crippen molar-refractivity contribution >= 4 is 17.6 Å². The van der Waals surface area contributed by atoms with Gasteiger partial charge in [0.05, 0.1) is 0 Å². The van der Waals surface area contributed by atoms with Crippen molar-refractivity contribution in [2.45, 2.75) is 51.0 Å². The van der Waals surface area contributed by atoms with E-state index < -0.39 is 0 Å². The second-order valence-electron chi connectivity index (χ2n) is 8.69. The lowest BCUT2D eigenvalue weighted by molar-refractivity contribution is -0.138. The number of carbonyl (C=O) groups is 2. The van der Waals surface area contributed by atoms with Crippen LogP contribution in [0.5, 0.6) is 0 Å². The fourth-order valence-electron chi connectivity index (χ4n) is 4.92. The molecule has 0 aromatic heterocycles. The molecule has 0 bridgehead atoms. The van der Waals surface area contributed by atoms with E-state index in [0.29, 0.717) is 32.1 Å². The number of carbonyl (C=O) groups excluding carboxylic acids is 2. The maximum atomic E-state index is 12.7. The Labute approximate surface area is 174 Å². The molecule has 1 aromatic rings. The van der Waals surface area contributed by atoms with Crippen molar-refractivity contribution in [3.8, 4) is 0 Å². The second-order valence-corrected chi connectivity index (χ2v) is 8.69. The first-order valence-corrected chi connectivity index (χ1v) is 11.3. The number of urea groups is 1. The van der Waals surface area contributed by atoms with Crippen molar-refractivity contribution in [3.63, 3.8) is 0 Å². The molecular formula is C23H34N4O2. The highest BCUT2D eigenvalue weighted by molar-refractivity contribution is 5.80. The molecule has 1 N–H and O–H groups in total. The van der Waals surface area contributed by atoms with E-state index in [1.54, 1.807) is 0 Å². The van der Waals surface area contributed by atoms with Crippen molar-refractivity contribution in [1.29, 1.82) is 0 Å². The number of piperazine rings is 1. The number of amides is 3. The van der Waals surface area contributed by atoms with Gasteiger partial charge < -0.3 is 20.0 Å². The van der Waals surface area contributed by atoms with Gasteiger partial charge in [0.2, 0.25) is 5.91 Å². The third-order valence-corrected chi connectivity index (χ3v) is 6.78. The molecule has 6 heteroatoms. The van der Waals surface area contributed by atoms with Crippen molar-refractivity contribution in [2.24, 2.45) is 5.92 Å². The van der Waals surface area contributed by atoms with Crippen LogP contribution in [-0.2, 0) is 4.79 Å². The number of piperidine rings is 1. The molecule has 29 heavy (non-hydrogen) atoms. The van der Waals surface area contributed by atoms with Crippen LogP contribution in [0.2, 0.25) is 0 Å². The van der Waals surface area contributed by atoms with Crippen LogP contribution < -0.4 is 10.2 Å². The van der Waals surface area contributed by atoms with Crippen molar-refractivity contribution in [1.82, 2.24) is 15.1 Å². The molecule has 2 heterocycles. The van der Waals surface area contributed by atoms with Crippen LogP contribution >= 0.6 is 0 Å². The normalized spacial score (nSPS) is 21.9. The molecule has 3 fully saturated rings. The summed E-state index contributed by atoms with van der Waals surface area (Å²) in [5, 5.41) is 3.22. The van der Waals surface area contributed by atoms with Gasteiger partial charge in [-0.15, -0.1) is 0 Å². The summed E-state index contributed by atoms with van der Waals surface area (Å²) in [6.07, 6.45) is 7.66. The van der Waals surface area contributed by atoms with E-state index in [4.69, 9.17) is 0 Å². The fraction of sp³-hybridized carbons (Fsp3) is 0.652. The summed E-state index contributed by atoms with van der Waals surface area (Å²) in [5.74, 6) is 0.539. The Bertz CT molecular complexity index is 673. The van der Waals surface area contributed by atoms with Crippen molar-refractivity contribution in [2.75, 3.05) is 44.2 Å². The Kier molecular flexibility index (Phi) is 6.57. The smallest absolute Gasteiger partial charge is 0.317 e. The van der Waals surface area contributed by atoms with Gasteiger partial charge in [0.25, 0.3) is 0 Å². The van der Waals surface area contributed by atoms with Gasteiger partial charge >= 0.3 is 6.03 Å². The zero-order valence-corrected chi connectivity index (χ0v) is 17.4. The Morgan fingerprint density at radius 2 is 1.38 bits per heavy atom. The van der Waals surface area contributed by atoms with Crippen molar-refractivity contribution < 1.29 is 9.59 Å². The number of nitrogens with one attached hydrogen (secondary N) is 1. The number of hydrogen-bond acceptors (Lipinski definition) is 3. The largest absolute Gasteiger partial charge is 0.371 e. The van der Waals surface area contributed by atoms with E-state index in [-0.39, 0.29) is 18.0 Å². The molecule has 3 amide bonds. The van der Waals surface area contributed by atoms with E-state index in [2.05, 4.69) is 34.5 Å². The molecule has 4 rings (SSSR count). The van der Waals surface area contributed by atoms with Crippen LogP contribution in [0.1, 0.15) is 44.9 Å². The van der Waals surface area contributed by atoms with E-state index >= 15 is 0 Å². The maximum absolute atomic E-state index is 12.7. The lowest BCUT2D eigenvalue weighted by atomic mass is 9.88. The highest BCUT2D eigenvalue weighted by Gasteiger charge is 2.30. The number of para-hydroxylation sites is 1. The first kappa shape index (κ1) is 20.0. The average molecular weight is 399 g/mol. The predicted octanol–water partition coefficient (Wildman–Crippen LogP) is 3.09. The monoisotopic (exact) mass is 398 g/mol. The Morgan fingerprint density at radius 3 is 2.03 bits per heavy atom. The molecule has 2 aliphatic heterocycles. The number of anilines is 1. The van der Waals surface area contributed by atoms with Gasteiger partial charge in [-0.05, 0) is 37.8 Å². The SMILES string of the molecule is O=C(NC1CCN(c2ccccc2)CC1)N1CCN(C(=O)C2CCCCC2)CC1. The molecule has 2 saturated heterocycles. The lowest BCUT2D eigenvalue weighted by Gasteiger charge is -2.39. The van der Waals surface area contributed by atoms with Gasteiger partial charge in [-0.25, -0.2) is 4.79 Å². The zero-order valence-electron chi connectivity index (χ0n) is 17.4. The van der Waals surface area contributed by atoms with Crippen LogP contribution in [0, 0.1) is 5.92 Å². The van der Waals surface area contributed by atoms with Crippen LogP contribution in [0.3, 0.4) is 0 Å². The minimum atomic E-state index is 0.0351. The highest BCUT2D eigenvalue weighted by atomic mass is 16.2. The topological polar surface area (TPSA) is 55.9 Å². The quantitative estimate of drug-likeness (QED) is 0.851. The van der Waals surface area contributed by atoms with Gasteiger partial charge in [-0.3, -0.25) is 4.79 Å². The maximum Gasteiger partial charge on any atom is 0.317 e. The molecule has 0 radical (unpaired) electrons. The molecule has 6 nitrogen and oxygen atoms in total. The van der Waals surface area contributed by atoms with Gasteiger partial charge in [-0.1, -0.05) is 37.5 Å². The van der Waals surface area contributed by atoms with E-state index in [0.717, 1.165) is 38.8 Å². The minimum Gasteiger partial charge on any atom is -0.371 e. The number of rotatable bonds is 3. The van der Waals surface area contributed by atoms with Crippen molar-refractivity contribution in [3.05, 3.63) is 30.3 Å². The van der Waals surface area contributed by atoms with Crippen LogP contribution in [-0.4, -0.2) is 67.0 Å². The lowest BCUT2D eigenvalue weighted by Crippen LogP contribution is -2.56. The Hall–Kier alpha value is -2.24. The third-order valence-electron chi connectivity index (χ3n) is 6.78. The number of benzene rings is 1. The molecule has 0 atom stereocenters. The van der Waals surface area contributed by atoms with Crippen LogP contribution in [0.15, 0.2) is 30.3 Å². The summed E-state index contributed by atoms with van der Waals surface area (Å²) in [6, 6.07) is 10.8. The van der Waals surface area contributed by atoms with E-state index in [1.807, 2.05) is 15.9 Å². The Balaban J connectivity index is 1.19. The van der Waals surface area contributed by atoms with Gasteiger partial charge in [0.15, 0.2) is 0 Å². The molecule has 0 spiro atoms. The zero-order chi connectivity index (χ0) is 20.1. The van der Waals surface area contributed by atoms with Gasteiger partial charge in [-0.2, -0.15) is 0 Å². The molecule has 1 aliphatic carbocycles. The fourth-order valence-corrected chi connectivity index (χ4v) is 4.92. The first-order chi connectivity index (χ1) is 14.2. The molecule has 1 aromatic carbocycles. The number of hydrogen-bond donors (Lipinski definition) is 1. The summed E-state index contributed by atoms with van der Waals surface area (Å²) in [4.78, 5) is 31.6. The van der Waals surface area contributed by atoms with Gasteiger partial charge in [0, 0.05) is 56.9 Å². The first-order valence-electron chi connectivity index (χ1n) is 11.3. The summed E-state index contributed by atoms with van der Waals surface area (Å²) < 4.78 is 0. The highest BCUT2D eigenvalue weighted by Crippen LogP contribution is 2.26. The summed E-state index contributed by atoms with van der Waals surface area (Å²) in [6.45, 7) is 4.59. The average Bonchev–Trinajstić information content (AvgIpc) is 2.80. The second kappa shape index (κ2) is 9.51.